The van der Waals surface area contributed by atoms with Crippen molar-refractivity contribution in [2.24, 2.45) is 0 Å². The van der Waals surface area contributed by atoms with Gasteiger partial charge in [0.15, 0.2) is 5.82 Å². The van der Waals surface area contributed by atoms with Gasteiger partial charge in [-0.05, 0) is 35.7 Å². The van der Waals surface area contributed by atoms with Crippen LogP contribution in [0.1, 0.15) is 49.5 Å². The lowest BCUT2D eigenvalue weighted by atomic mass is 10.0. The van der Waals surface area contributed by atoms with Gasteiger partial charge in [-0.3, -0.25) is 9.89 Å². The van der Waals surface area contributed by atoms with Crippen molar-refractivity contribution >= 4 is 17.2 Å². The second-order valence-electron chi connectivity index (χ2n) is 5.81. The van der Waals surface area contributed by atoms with Crippen molar-refractivity contribution in [2.45, 2.75) is 38.7 Å². The zero-order chi connectivity index (χ0) is 16.2. The first-order chi connectivity index (χ1) is 11.2. The van der Waals surface area contributed by atoms with E-state index in [0.29, 0.717) is 25.5 Å². The molecule has 1 aliphatic heterocycles. The van der Waals surface area contributed by atoms with Crippen molar-refractivity contribution in [3.05, 3.63) is 34.0 Å². The van der Waals surface area contributed by atoms with Crippen molar-refractivity contribution in [1.82, 2.24) is 20.1 Å². The van der Waals surface area contributed by atoms with Gasteiger partial charge in [-0.15, -0.1) is 0 Å². The summed E-state index contributed by atoms with van der Waals surface area (Å²) in [5, 5.41) is 11.2. The maximum Gasteiger partial charge on any atom is 0.230 e. The van der Waals surface area contributed by atoms with Crippen molar-refractivity contribution in [3.8, 4) is 0 Å². The van der Waals surface area contributed by atoms with Crippen molar-refractivity contribution < 1.29 is 9.53 Å². The molecule has 0 aliphatic carbocycles. The van der Waals surface area contributed by atoms with Gasteiger partial charge in [0.1, 0.15) is 11.9 Å². The number of hydrogen-bond acceptors (Lipinski definition) is 5. The molecule has 0 unspecified atom stereocenters. The molecule has 2 aromatic heterocycles. The maximum atomic E-state index is 12.7. The number of carbonyl (C=O) groups excluding carboxylic acids is 1. The third-order valence-corrected chi connectivity index (χ3v) is 4.82. The Morgan fingerprint density at radius 1 is 1.61 bits per heavy atom. The van der Waals surface area contributed by atoms with Gasteiger partial charge in [-0.1, -0.05) is 6.92 Å². The Kier molecular flexibility index (Phi) is 5.07. The van der Waals surface area contributed by atoms with Gasteiger partial charge < -0.3 is 9.64 Å². The number of amides is 1. The number of hydrogen-bond donors (Lipinski definition) is 1. The van der Waals surface area contributed by atoms with Crippen LogP contribution in [0.4, 0.5) is 0 Å². The van der Waals surface area contributed by atoms with Crippen LogP contribution >= 0.6 is 11.3 Å². The molecule has 1 saturated heterocycles. The van der Waals surface area contributed by atoms with Crippen LogP contribution < -0.4 is 0 Å². The van der Waals surface area contributed by atoms with E-state index in [9.17, 15) is 4.79 Å². The molecule has 7 heteroatoms. The van der Waals surface area contributed by atoms with Crippen LogP contribution in [0.2, 0.25) is 0 Å². The molecule has 6 nitrogen and oxygen atoms in total. The van der Waals surface area contributed by atoms with Gasteiger partial charge in [0.25, 0.3) is 0 Å². The Hall–Kier alpha value is -1.73. The summed E-state index contributed by atoms with van der Waals surface area (Å²) in [4.78, 5) is 19.1. The molecule has 0 radical (unpaired) electrons. The highest BCUT2D eigenvalue weighted by Gasteiger charge is 2.30. The number of morpholine rings is 1. The predicted molar refractivity (Wildman–Crippen MR) is 88.4 cm³/mol. The Bertz CT molecular complexity index is 640. The van der Waals surface area contributed by atoms with E-state index >= 15 is 0 Å². The SMILES string of the molecule is CCCc1nc([C@@H]2CN(C(=O)[C@H](C)c3ccsc3)CCO2)n[nH]1. The minimum atomic E-state index is -0.246. The number of aromatic nitrogens is 3. The van der Waals surface area contributed by atoms with Crippen LogP contribution in [0.25, 0.3) is 0 Å². The highest BCUT2D eigenvalue weighted by molar-refractivity contribution is 7.08. The number of rotatable bonds is 5. The lowest BCUT2D eigenvalue weighted by molar-refractivity contribution is -0.140. The molecule has 0 aromatic carbocycles. The summed E-state index contributed by atoms with van der Waals surface area (Å²) < 4.78 is 5.77. The average molecular weight is 334 g/mol. The summed E-state index contributed by atoms with van der Waals surface area (Å²) in [5.41, 5.74) is 1.08. The van der Waals surface area contributed by atoms with E-state index < -0.39 is 0 Å². The summed E-state index contributed by atoms with van der Waals surface area (Å²) >= 11 is 1.62. The van der Waals surface area contributed by atoms with Gasteiger partial charge in [0.05, 0.1) is 19.1 Å². The predicted octanol–water partition coefficient (Wildman–Crippen LogP) is 2.52. The average Bonchev–Trinajstić information content (AvgIpc) is 3.26. The summed E-state index contributed by atoms with van der Waals surface area (Å²) in [7, 11) is 0. The molecule has 2 atom stereocenters. The monoisotopic (exact) mass is 334 g/mol. The molecule has 2 aromatic rings. The van der Waals surface area contributed by atoms with E-state index in [1.807, 2.05) is 28.7 Å². The largest absolute Gasteiger partial charge is 0.366 e. The number of ether oxygens (including phenoxy) is 1. The Morgan fingerprint density at radius 2 is 2.48 bits per heavy atom. The highest BCUT2D eigenvalue weighted by Crippen LogP contribution is 2.25. The normalized spacial score (nSPS) is 19.7. The Morgan fingerprint density at radius 3 is 3.22 bits per heavy atom. The highest BCUT2D eigenvalue weighted by atomic mass is 32.1. The summed E-state index contributed by atoms with van der Waals surface area (Å²) in [6.07, 6.45) is 1.64. The van der Waals surface area contributed by atoms with E-state index in [1.54, 1.807) is 11.3 Å². The van der Waals surface area contributed by atoms with Crippen molar-refractivity contribution in [1.29, 1.82) is 0 Å². The number of H-pyrrole nitrogens is 1. The minimum absolute atomic E-state index is 0.122. The molecule has 124 valence electrons. The summed E-state index contributed by atoms with van der Waals surface area (Å²) in [6.45, 7) is 5.71. The molecule has 1 N–H and O–H groups in total. The second kappa shape index (κ2) is 7.23. The third-order valence-electron chi connectivity index (χ3n) is 4.12. The van der Waals surface area contributed by atoms with Crippen LogP contribution in [0.5, 0.6) is 0 Å². The quantitative estimate of drug-likeness (QED) is 0.912. The molecule has 0 saturated carbocycles. The van der Waals surface area contributed by atoms with Crippen LogP contribution in [-0.4, -0.2) is 45.7 Å². The number of carbonyl (C=O) groups is 1. The smallest absolute Gasteiger partial charge is 0.230 e. The number of aryl methyl sites for hydroxylation is 1. The van der Waals surface area contributed by atoms with E-state index in [-0.39, 0.29) is 17.9 Å². The van der Waals surface area contributed by atoms with Gasteiger partial charge >= 0.3 is 0 Å². The number of aromatic amines is 1. The molecular formula is C16H22N4O2S. The second-order valence-corrected chi connectivity index (χ2v) is 6.59. The zero-order valence-corrected chi connectivity index (χ0v) is 14.3. The number of thiophene rings is 1. The lowest BCUT2D eigenvalue weighted by Gasteiger charge is -2.33. The third kappa shape index (κ3) is 3.61. The van der Waals surface area contributed by atoms with E-state index in [1.165, 1.54) is 0 Å². The topological polar surface area (TPSA) is 71.1 Å². The van der Waals surface area contributed by atoms with E-state index in [2.05, 4.69) is 22.1 Å². The first kappa shape index (κ1) is 16.1. The number of nitrogens with zero attached hydrogens (tertiary/aromatic N) is 3. The molecule has 1 amide bonds. The van der Waals surface area contributed by atoms with Crippen LogP contribution in [0.3, 0.4) is 0 Å². The van der Waals surface area contributed by atoms with E-state index in [0.717, 1.165) is 24.2 Å². The number of nitrogens with one attached hydrogen (secondary N) is 1. The lowest BCUT2D eigenvalue weighted by Crippen LogP contribution is -2.44. The molecular weight excluding hydrogens is 312 g/mol. The molecule has 0 spiro atoms. The van der Waals surface area contributed by atoms with Crippen LogP contribution in [-0.2, 0) is 16.0 Å². The van der Waals surface area contributed by atoms with Gasteiger partial charge in [-0.2, -0.15) is 16.4 Å². The fraction of sp³-hybridized carbons (Fsp3) is 0.562. The maximum absolute atomic E-state index is 12.7. The van der Waals surface area contributed by atoms with Crippen LogP contribution in [0.15, 0.2) is 16.8 Å². The molecule has 23 heavy (non-hydrogen) atoms. The summed E-state index contributed by atoms with van der Waals surface area (Å²) in [6, 6.07) is 2.01. The first-order valence-electron chi connectivity index (χ1n) is 8.02. The fourth-order valence-electron chi connectivity index (χ4n) is 2.75. The molecule has 3 rings (SSSR count). The van der Waals surface area contributed by atoms with Crippen LogP contribution in [0, 0.1) is 0 Å². The molecule has 1 fully saturated rings. The zero-order valence-electron chi connectivity index (χ0n) is 13.5. The molecule has 3 heterocycles. The summed E-state index contributed by atoms with van der Waals surface area (Å²) in [5.74, 6) is 1.54. The minimum Gasteiger partial charge on any atom is -0.366 e. The Balaban J connectivity index is 1.66. The fourth-order valence-corrected chi connectivity index (χ4v) is 3.50. The van der Waals surface area contributed by atoms with Gasteiger partial charge in [-0.25, -0.2) is 4.98 Å². The standard InChI is InChI=1S/C16H22N4O2S/c1-3-4-14-17-15(19-18-14)13-9-20(6-7-22-13)16(21)11(2)12-5-8-23-10-12/h5,8,10-11,13H,3-4,6-7,9H2,1-2H3,(H,17,18,19)/t11-,13+/m1/s1. The first-order valence-corrected chi connectivity index (χ1v) is 8.97. The Labute approximate surface area is 139 Å². The van der Waals surface area contributed by atoms with Gasteiger partial charge in [0, 0.05) is 13.0 Å². The molecule has 0 bridgehead atoms. The van der Waals surface area contributed by atoms with Crippen molar-refractivity contribution in [3.63, 3.8) is 0 Å². The van der Waals surface area contributed by atoms with E-state index in [4.69, 9.17) is 4.74 Å². The van der Waals surface area contributed by atoms with Gasteiger partial charge in [0.2, 0.25) is 5.91 Å². The van der Waals surface area contributed by atoms with Crippen molar-refractivity contribution in [2.75, 3.05) is 19.7 Å². The molecule has 1 aliphatic rings.